The Balaban J connectivity index is 1.31. The van der Waals surface area contributed by atoms with E-state index < -0.39 is 5.54 Å². The number of carbonyl (C=O) groups excluding carboxylic acids is 3. The van der Waals surface area contributed by atoms with Crippen LogP contribution in [0.4, 0.5) is 4.79 Å². The lowest BCUT2D eigenvalue weighted by Gasteiger charge is -2.35. The number of carbonyl (C=O) groups is 3. The zero-order valence-corrected chi connectivity index (χ0v) is 17.2. The van der Waals surface area contributed by atoms with Gasteiger partial charge >= 0.3 is 6.03 Å². The standard InChI is InChI=1S/C22H27N5O3/c1-25-21(30)27(20(29)22(25)9-3-2-4-10-22)15-19(28)24-13-17-5-7-18(8-6-17)14-26-12-11-23-16-26/h5-8,11-12,16H,2-4,9-10,13-15H2,1H3,(H,24,28). The molecule has 0 atom stereocenters. The molecular weight excluding hydrogens is 382 g/mol. The molecule has 0 unspecified atom stereocenters. The Morgan fingerprint density at radius 1 is 1.10 bits per heavy atom. The highest BCUT2D eigenvalue weighted by Crippen LogP contribution is 2.39. The molecule has 1 aromatic heterocycles. The van der Waals surface area contributed by atoms with E-state index >= 15 is 0 Å². The van der Waals surface area contributed by atoms with Crippen molar-refractivity contribution in [3.63, 3.8) is 0 Å². The van der Waals surface area contributed by atoms with Gasteiger partial charge in [-0.1, -0.05) is 43.5 Å². The highest BCUT2D eigenvalue weighted by molar-refractivity contribution is 6.08. The second kappa shape index (κ2) is 8.30. The zero-order valence-electron chi connectivity index (χ0n) is 17.2. The van der Waals surface area contributed by atoms with Crippen molar-refractivity contribution in [3.8, 4) is 0 Å². The summed E-state index contributed by atoms with van der Waals surface area (Å²) in [4.78, 5) is 44.7. The van der Waals surface area contributed by atoms with Crippen molar-refractivity contribution in [2.24, 2.45) is 0 Å². The molecule has 1 aromatic carbocycles. The molecule has 1 saturated carbocycles. The van der Waals surface area contributed by atoms with Gasteiger partial charge < -0.3 is 14.8 Å². The van der Waals surface area contributed by atoms with Crippen molar-refractivity contribution in [1.29, 1.82) is 0 Å². The molecule has 2 heterocycles. The van der Waals surface area contributed by atoms with Crippen molar-refractivity contribution in [3.05, 3.63) is 54.1 Å². The van der Waals surface area contributed by atoms with Crippen LogP contribution in [0.3, 0.4) is 0 Å². The first-order valence-electron chi connectivity index (χ1n) is 10.4. The lowest BCUT2D eigenvalue weighted by Crippen LogP contribution is -2.49. The smallest absolute Gasteiger partial charge is 0.327 e. The average Bonchev–Trinajstić information content (AvgIpc) is 3.33. The third-order valence-corrected chi connectivity index (χ3v) is 6.22. The van der Waals surface area contributed by atoms with Gasteiger partial charge in [-0.05, 0) is 24.0 Å². The predicted molar refractivity (Wildman–Crippen MR) is 110 cm³/mol. The number of rotatable bonds is 6. The van der Waals surface area contributed by atoms with E-state index in [0.29, 0.717) is 19.4 Å². The van der Waals surface area contributed by atoms with Crippen LogP contribution in [0.5, 0.6) is 0 Å². The summed E-state index contributed by atoms with van der Waals surface area (Å²) in [5, 5.41) is 2.82. The number of benzene rings is 1. The fourth-order valence-corrected chi connectivity index (χ4v) is 4.42. The summed E-state index contributed by atoms with van der Waals surface area (Å²) in [7, 11) is 1.68. The molecule has 4 rings (SSSR count). The van der Waals surface area contributed by atoms with E-state index in [9.17, 15) is 14.4 Å². The molecule has 4 amide bonds. The van der Waals surface area contributed by atoms with Crippen LogP contribution in [0.1, 0.15) is 43.2 Å². The lowest BCUT2D eigenvalue weighted by atomic mass is 9.81. The van der Waals surface area contributed by atoms with Gasteiger partial charge in [0.2, 0.25) is 5.91 Å². The quantitative estimate of drug-likeness (QED) is 0.741. The van der Waals surface area contributed by atoms with Gasteiger partial charge in [0.05, 0.1) is 6.33 Å². The van der Waals surface area contributed by atoms with Crippen LogP contribution in [0.2, 0.25) is 0 Å². The fourth-order valence-electron chi connectivity index (χ4n) is 4.42. The molecule has 2 aromatic rings. The summed E-state index contributed by atoms with van der Waals surface area (Å²) in [5.74, 6) is -0.561. The van der Waals surface area contributed by atoms with Gasteiger partial charge in [-0.2, -0.15) is 0 Å². The molecule has 1 aliphatic heterocycles. The van der Waals surface area contributed by atoms with Gasteiger partial charge in [0, 0.05) is 32.5 Å². The SMILES string of the molecule is CN1C(=O)N(CC(=O)NCc2ccc(Cn3ccnc3)cc2)C(=O)C12CCCCC2. The summed E-state index contributed by atoms with van der Waals surface area (Å²) in [6, 6.07) is 7.57. The monoisotopic (exact) mass is 409 g/mol. The van der Waals surface area contributed by atoms with Gasteiger partial charge in [0.25, 0.3) is 5.91 Å². The van der Waals surface area contributed by atoms with Crippen molar-refractivity contribution < 1.29 is 14.4 Å². The molecule has 2 aliphatic rings. The number of urea groups is 1. The van der Waals surface area contributed by atoms with Crippen molar-refractivity contribution in [2.45, 2.75) is 50.7 Å². The molecule has 0 radical (unpaired) electrons. The maximum absolute atomic E-state index is 13.0. The molecule has 1 aliphatic carbocycles. The molecule has 0 bridgehead atoms. The van der Waals surface area contributed by atoms with Gasteiger partial charge in [0.15, 0.2) is 0 Å². The molecule has 1 spiro atoms. The van der Waals surface area contributed by atoms with Crippen LogP contribution >= 0.6 is 0 Å². The molecule has 1 saturated heterocycles. The number of aromatic nitrogens is 2. The number of nitrogens with one attached hydrogen (secondary N) is 1. The van der Waals surface area contributed by atoms with E-state index in [2.05, 4.69) is 10.3 Å². The van der Waals surface area contributed by atoms with E-state index in [1.165, 1.54) is 0 Å². The first-order chi connectivity index (χ1) is 14.5. The molecule has 8 heteroatoms. The number of imidazole rings is 1. The van der Waals surface area contributed by atoms with Crippen molar-refractivity contribution in [1.82, 2.24) is 24.7 Å². The lowest BCUT2D eigenvalue weighted by molar-refractivity contribution is -0.137. The number of imide groups is 1. The molecule has 8 nitrogen and oxygen atoms in total. The molecule has 1 N–H and O–H groups in total. The normalized spacial score (nSPS) is 18.3. The van der Waals surface area contributed by atoms with Gasteiger partial charge in [-0.3, -0.25) is 14.5 Å². The van der Waals surface area contributed by atoms with E-state index in [1.807, 2.05) is 35.0 Å². The Bertz CT molecular complexity index is 917. The molecule has 158 valence electrons. The van der Waals surface area contributed by atoms with Crippen molar-refractivity contribution in [2.75, 3.05) is 13.6 Å². The van der Waals surface area contributed by atoms with Crippen LogP contribution < -0.4 is 5.32 Å². The Hall–Kier alpha value is -3.16. The second-order valence-corrected chi connectivity index (χ2v) is 8.15. The van der Waals surface area contributed by atoms with E-state index in [1.54, 1.807) is 24.5 Å². The van der Waals surface area contributed by atoms with Crippen molar-refractivity contribution >= 4 is 17.8 Å². The van der Waals surface area contributed by atoms with E-state index in [0.717, 1.165) is 41.8 Å². The number of likely N-dealkylation sites (N-methyl/N-ethyl adjacent to an activating group) is 1. The summed E-state index contributed by atoms with van der Waals surface area (Å²) in [5.41, 5.74) is 1.34. The maximum Gasteiger partial charge on any atom is 0.327 e. The summed E-state index contributed by atoms with van der Waals surface area (Å²) in [6.07, 6.45) is 9.72. The summed E-state index contributed by atoms with van der Waals surface area (Å²) in [6.45, 7) is 0.852. The Morgan fingerprint density at radius 3 is 2.47 bits per heavy atom. The first-order valence-corrected chi connectivity index (χ1v) is 10.4. The molecular formula is C22H27N5O3. The third-order valence-electron chi connectivity index (χ3n) is 6.22. The largest absolute Gasteiger partial charge is 0.350 e. The highest BCUT2D eigenvalue weighted by Gasteiger charge is 2.55. The topological polar surface area (TPSA) is 87.5 Å². The molecule has 30 heavy (non-hydrogen) atoms. The average molecular weight is 409 g/mol. The van der Waals surface area contributed by atoms with Gasteiger partial charge in [-0.15, -0.1) is 0 Å². The van der Waals surface area contributed by atoms with Crippen LogP contribution in [-0.2, 0) is 22.7 Å². The Morgan fingerprint density at radius 2 is 1.80 bits per heavy atom. The van der Waals surface area contributed by atoms with Gasteiger partial charge in [-0.25, -0.2) is 9.78 Å². The number of nitrogens with zero attached hydrogens (tertiary/aromatic N) is 4. The molecule has 2 fully saturated rings. The minimum Gasteiger partial charge on any atom is -0.350 e. The first kappa shape index (κ1) is 20.1. The fraction of sp³-hybridized carbons (Fsp3) is 0.455. The Kier molecular flexibility index (Phi) is 5.57. The minimum atomic E-state index is -0.749. The Labute approximate surface area is 175 Å². The second-order valence-electron chi connectivity index (χ2n) is 8.15. The zero-order chi connectivity index (χ0) is 21.1. The number of hydrogen-bond donors (Lipinski definition) is 1. The number of hydrogen-bond acceptors (Lipinski definition) is 4. The van der Waals surface area contributed by atoms with Crippen LogP contribution in [0.15, 0.2) is 43.0 Å². The summed E-state index contributed by atoms with van der Waals surface area (Å²) < 4.78 is 1.98. The summed E-state index contributed by atoms with van der Waals surface area (Å²) >= 11 is 0. The van der Waals surface area contributed by atoms with Crippen LogP contribution in [0.25, 0.3) is 0 Å². The third kappa shape index (κ3) is 3.81. The van der Waals surface area contributed by atoms with Crippen LogP contribution in [0, 0.1) is 0 Å². The van der Waals surface area contributed by atoms with E-state index in [-0.39, 0.29) is 24.4 Å². The minimum absolute atomic E-state index is 0.228. The van der Waals surface area contributed by atoms with Gasteiger partial charge in [0.1, 0.15) is 12.1 Å². The van der Waals surface area contributed by atoms with Crippen LogP contribution in [-0.4, -0.2) is 56.3 Å². The predicted octanol–water partition coefficient (Wildman–Crippen LogP) is 2.14. The van der Waals surface area contributed by atoms with E-state index in [4.69, 9.17) is 0 Å². The number of amides is 4. The maximum atomic E-state index is 13.0. The highest BCUT2D eigenvalue weighted by atomic mass is 16.2.